The van der Waals surface area contributed by atoms with Crippen LogP contribution in [0, 0.1) is 0 Å². The zero-order chi connectivity index (χ0) is 25.2. The van der Waals surface area contributed by atoms with Crippen molar-refractivity contribution < 1.29 is 19.2 Å². The number of benzene rings is 2. The van der Waals surface area contributed by atoms with E-state index < -0.39 is 0 Å². The van der Waals surface area contributed by atoms with Gasteiger partial charge in [0.1, 0.15) is 0 Å². The summed E-state index contributed by atoms with van der Waals surface area (Å²) in [7, 11) is 0. The lowest BCUT2D eigenvalue weighted by Gasteiger charge is -2.40. The summed E-state index contributed by atoms with van der Waals surface area (Å²) in [5.41, 5.74) is 8.52. The number of amides is 2. The molecule has 2 unspecified atom stereocenters. The van der Waals surface area contributed by atoms with E-state index in [-0.39, 0.29) is 24.1 Å². The lowest BCUT2D eigenvalue weighted by molar-refractivity contribution is -0.198. The molecule has 3 aliphatic rings. The van der Waals surface area contributed by atoms with Gasteiger partial charge in [-0.2, -0.15) is 0 Å². The summed E-state index contributed by atoms with van der Waals surface area (Å²) in [6, 6.07) is 17.0. The Hall–Kier alpha value is -3.42. The maximum atomic E-state index is 12.7. The average molecular weight is 500 g/mol. The minimum atomic E-state index is -0.361. The molecule has 2 amide bonds. The molecule has 7 nitrogen and oxygen atoms in total. The van der Waals surface area contributed by atoms with Crippen molar-refractivity contribution in [1.82, 2.24) is 14.9 Å². The summed E-state index contributed by atoms with van der Waals surface area (Å²) in [6.07, 6.45) is 9.32. The number of hydroxylamine groups is 1. The highest BCUT2D eigenvalue weighted by Crippen LogP contribution is 2.42. The second-order valence-corrected chi connectivity index (χ2v) is 10.2. The van der Waals surface area contributed by atoms with Crippen LogP contribution in [0.3, 0.4) is 0 Å². The Balaban J connectivity index is 1.18. The second-order valence-electron chi connectivity index (χ2n) is 10.2. The van der Waals surface area contributed by atoms with E-state index in [1.54, 1.807) is 6.08 Å². The van der Waals surface area contributed by atoms with Gasteiger partial charge in [-0.25, -0.2) is 10.3 Å². The first-order valence-corrected chi connectivity index (χ1v) is 13.4. The number of hydrogen-bond acceptors (Lipinski definition) is 4. The first-order valence-electron chi connectivity index (χ1n) is 13.4. The van der Waals surface area contributed by atoms with E-state index in [0.717, 1.165) is 57.2 Å². The summed E-state index contributed by atoms with van der Waals surface area (Å²) in [5, 5.41) is 1.31. The van der Waals surface area contributed by atoms with Gasteiger partial charge in [-0.3, -0.25) is 9.59 Å². The number of hydrogen-bond donors (Lipinski definition) is 1. The fourth-order valence-electron chi connectivity index (χ4n) is 5.98. The van der Waals surface area contributed by atoms with E-state index in [9.17, 15) is 9.59 Å². The van der Waals surface area contributed by atoms with Crippen LogP contribution in [0.25, 0.3) is 17.0 Å². The molecule has 2 fully saturated rings. The highest BCUT2D eigenvalue weighted by atomic mass is 16.8. The predicted molar refractivity (Wildman–Crippen MR) is 141 cm³/mol. The van der Waals surface area contributed by atoms with Crippen molar-refractivity contribution in [3.8, 4) is 0 Å². The average Bonchev–Trinajstić information content (AvgIpc) is 3.26. The van der Waals surface area contributed by atoms with Crippen molar-refractivity contribution >= 4 is 28.8 Å². The van der Waals surface area contributed by atoms with Crippen molar-refractivity contribution in [3.63, 3.8) is 0 Å². The molecule has 0 spiro atoms. The number of carbonyl (C=O) groups excluding carboxylic acids is 2. The van der Waals surface area contributed by atoms with Crippen molar-refractivity contribution in [2.45, 2.75) is 63.8 Å². The van der Waals surface area contributed by atoms with Gasteiger partial charge in [0.25, 0.3) is 5.91 Å². The third kappa shape index (κ3) is 4.93. The molecule has 6 rings (SSSR count). The Morgan fingerprint density at radius 3 is 2.76 bits per heavy atom. The zero-order valence-corrected chi connectivity index (χ0v) is 21.0. The minimum absolute atomic E-state index is 0.166. The van der Waals surface area contributed by atoms with Gasteiger partial charge < -0.3 is 14.2 Å². The maximum absolute atomic E-state index is 12.7. The molecule has 192 valence electrons. The molecule has 1 aromatic heterocycles. The molecular formula is C30H33N3O4. The molecule has 1 N–H and O–H groups in total. The number of nitrogens with one attached hydrogen (secondary N) is 1. The lowest BCUT2D eigenvalue weighted by Crippen LogP contribution is -2.43. The minimum Gasteiger partial charge on any atom is -0.350 e. The maximum Gasteiger partial charge on any atom is 0.267 e. The van der Waals surface area contributed by atoms with Crippen LogP contribution in [-0.4, -0.2) is 40.7 Å². The largest absolute Gasteiger partial charge is 0.350 e. The van der Waals surface area contributed by atoms with E-state index in [0.29, 0.717) is 13.0 Å². The summed E-state index contributed by atoms with van der Waals surface area (Å²) in [6.45, 7) is 2.23. The van der Waals surface area contributed by atoms with Gasteiger partial charge in [0.15, 0.2) is 6.29 Å². The standard InChI is InChI=1S/C30H33N3O4/c34-27(31-37-29-10-3-4-19-36-29)16-15-21-11-13-22(14-12-21)20-33-25-7-2-1-6-23(25)24-17-18-32-26(30(24)33)8-5-9-28(32)35/h1-2,6-7,11-16,26,29H,3-5,8-10,17-20H2,(H,31,34)/b16-15+. The van der Waals surface area contributed by atoms with Gasteiger partial charge in [-0.15, -0.1) is 0 Å². The van der Waals surface area contributed by atoms with Crippen LogP contribution >= 0.6 is 0 Å². The van der Waals surface area contributed by atoms with Gasteiger partial charge in [0.05, 0.1) is 6.04 Å². The third-order valence-corrected chi connectivity index (χ3v) is 7.78. The number of ether oxygens (including phenoxy) is 1. The van der Waals surface area contributed by atoms with Crippen molar-refractivity contribution in [1.29, 1.82) is 0 Å². The number of rotatable bonds is 6. The molecule has 2 atom stereocenters. The predicted octanol–water partition coefficient (Wildman–Crippen LogP) is 4.89. The number of piperidine rings is 1. The van der Waals surface area contributed by atoms with Gasteiger partial charge >= 0.3 is 0 Å². The van der Waals surface area contributed by atoms with Gasteiger partial charge in [0, 0.05) is 55.2 Å². The molecule has 0 saturated carbocycles. The van der Waals surface area contributed by atoms with E-state index in [2.05, 4.69) is 51.3 Å². The van der Waals surface area contributed by atoms with Crippen LogP contribution in [0.4, 0.5) is 0 Å². The van der Waals surface area contributed by atoms with E-state index in [4.69, 9.17) is 9.57 Å². The van der Waals surface area contributed by atoms with Crippen LogP contribution in [0.15, 0.2) is 54.6 Å². The molecular weight excluding hydrogens is 466 g/mol. The lowest BCUT2D eigenvalue weighted by atomic mass is 9.90. The summed E-state index contributed by atoms with van der Waals surface area (Å²) >= 11 is 0. The topological polar surface area (TPSA) is 72.8 Å². The molecule has 3 aliphatic heterocycles. The van der Waals surface area contributed by atoms with E-state index in [1.807, 2.05) is 12.1 Å². The molecule has 37 heavy (non-hydrogen) atoms. The first-order chi connectivity index (χ1) is 18.2. The van der Waals surface area contributed by atoms with E-state index in [1.165, 1.54) is 33.8 Å². The fourth-order valence-corrected chi connectivity index (χ4v) is 5.98. The van der Waals surface area contributed by atoms with Crippen molar-refractivity contribution in [2.24, 2.45) is 0 Å². The Labute approximate surface area is 217 Å². The van der Waals surface area contributed by atoms with Gasteiger partial charge in [0.2, 0.25) is 5.91 Å². The molecule has 3 aromatic rings. The van der Waals surface area contributed by atoms with Crippen molar-refractivity contribution in [2.75, 3.05) is 13.2 Å². The summed E-state index contributed by atoms with van der Waals surface area (Å²) in [4.78, 5) is 32.2. The normalized spacial score (nSPS) is 21.7. The van der Waals surface area contributed by atoms with Crippen LogP contribution in [0.1, 0.15) is 67.0 Å². The smallest absolute Gasteiger partial charge is 0.267 e. The van der Waals surface area contributed by atoms with Crippen molar-refractivity contribution in [3.05, 3.63) is 77.0 Å². The van der Waals surface area contributed by atoms with Crippen LogP contribution in [0.5, 0.6) is 0 Å². The number of carbonyl (C=O) groups is 2. The Morgan fingerprint density at radius 1 is 1.05 bits per heavy atom. The number of fused-ring (bicyclic) bond motifs is 5. The SMILES string of the molecule is O=C(/C=C/c1ccc(Cn2c3c(c4ccccc42)CCN2C(=O)CCCC32)cc1)NOC1CCCCO1. The Bertz CT molecular complexity index is 1320. The quantitative estimate of drug-likeness (QED) is 0.387. The highest BCUT2D eigenvalue weighted by Gasteiger charge is 2.37. The molecule has 0 aliphatic carbocycles. The fraction of sp³-hybridized carbons (Fsp3) is 0.400. The van der Waals surface area contributed by atoms with Gasteiger partial charge in [-0.1, -0.05) is 42.5 Å². The number of nitrogens with zero attached hydrogens (tertiary/aromatic N) is 2. The zero-order valence-electron chi connectivity index (χ0n) is 21.0. The molecule has 2 aromatic carbocycles. The van der Waals surface area contributed by atoms with Crippen LogP contribution < -0.4 is 5.48 Å². The summed E-state index contributed by atoms with van der Waals surface area (Å²) < 4.78 is 7.88. The number of para-hydroxylation sites is 1. The Morgan fingerprint density at radius 2 is 1.92 bits per heavy atom. The number of aromatic nitrogens is 1. The van der Waals surface area contributed by atoms with Gasteiger partial charge in [-0.05, 0) is 60.9 Å². The Kier molecular flexibility index (Phi) is 6.81. The highest BCUT2D eigenvalue weighted by molar-refractivity contribution is 5.91. The molecule has 7 heteroatoms. The first kappa shape index (κ1) is 23.9. The third-order valence-electron chi connectivity index (χ3n) is 7.78. The van der Waals surface area contributed by atoms with E-state index >= 15 is 0 Å². The second kappa shape index (κ2) is 10.5. The molecule has 4 heterocycles. The molecule has 2 saturated heterocycles. The monoisotopic (exact) mass is 499 g/mol. The molecule has 0 radical (unpaired) electrons. The summed E-state index contributed by atoms with van der Waals surface area (Å²) in [5.74, 6) is -0.0224. The molecule has 0 bridgehead atoms. The van der Waals surface area contributed by atoms with Crippen LogP contribution in [0.2, 0.25) is 0 Å². The van der Waals surface area contributed by atoms with Crippen LogP contribution in [-0.2, 0) is 32.1 Å².